The Kier molecular flexibility index (Phi) is 4.23. The van der Waals surface area contributed by atoms with E-state index < -0.39 is 0 Å². The Labute approximate surface area is 130 Å². The van der Waals surface area contributed by atoms with Crippen molar-refractivity contribution in [1.29, 1.82) is 0 Å². The standard InChI is InChI=1S/C19H20FNO/c1-14-3-2-4-15(11-14)12-19(22)21-10-9-17(13-21)16-5-7-18(20)8-6-16/h2-8,11,17H,9-10,12-13H2,1H3. The molecule has 22 heavy (non-hydrogen) atoms. The minimum atomic E-state index is -0.214. The second-order valence-electron chi connectivity index (χ2n) is 6.04. The van der Waals surface area contributed by atoms with Crippen LogP contribution in [-0.2, 0) is 11.2 Å². The fourth-order valence-electron chi connectivity index (χ4n) is 3.10. The monoisotopic (exact) mass is 297 g/mol. The molecule has 1 fully saturated rings. The van der Waals surface area contributed by atoms with Gasteiger partial charge in [0.25, 0.3) is 0 Å². The first-order chi connectivity index (χ1) is 10.6. The Morgan fingerprint density at radius 2 is 2.00 bits per heavy atom. The van der Waals surface area contributed by atoms with E-state index >= 15 is 0 Å². The normalized spacial score (nSPS) is 17.7. The van der Waals surface area contributed by atoms with Gasteiger partial charge in [-0.25, -0.2) is 4.39 Å². The maximum absolute atomic E-state index is 13.0. The molecule has 1 aliphatic rings. The molecule has 0 saturated carbocycles. The molecular weight excluding hydrogens is 277 g/mol. The maximum Gasteiger partial charge on any atom is 0.227 e. The molecule has 0 aliphatic carbocycles. The molecule has 1 atom stereocenters. The number of likely N-dealkylation sites (tertiary alicyclic amines) is 1. The van der Waals surface area contributed by atoms with Crippen molar-refractivity contribution in [2.75, 3.05) is 13.1 Å². The van der Waals surface area contributed by atoms with Crippen molar-refractivity contribution >= 4 is 5.91 Å². The molecule has 2 nitrogen and oxygen atoms in total. The summed E-state index contributed by atoms with van der Waals surface area (Å²) in [6.45, 7) is 3.55. The molecule has 0 N–H and O–H groups in total. The van der Waals surface area contributed by atoms with Gasteiger partial charge in [0.05, 0.1) is 6.42 Å². The molecule has 3 heteroatoms. The summed E-state index contributed by atoms with van der Waals surface area (Å²) in [4.78, 5) is 14.3. The second kappa shape index (κ2) is 6.30. The van der Waals surface area contributed by atoms with Gasteiger partial charge in [-0.1, -0.05) is 42.0 Å². The van der Waals surface area contributed by atoms with Gasteiger partial charge < -0.3 is 4.90 Å². The van der Waals surface area contributed by atoms with Gasteiger partial charge in [0.1, 0.15) is 5.82 Å². The first-order valence-corrected chi connectivity index (χ1v) is 7.70. The molecule has 3 rings (SSSR count). The van der Waals surface area contributed by atoms with E-state index in [1.165, 1.54) is 17.7 Å². The summed E-state index contributed by atoms with van der Waals surface area (Å²) in [5.41, 5.74) is 3.36. The number of carbonyl (C=O) groups is 1. The molecule has 0 spiro atoms. The van der Waals surface area contributed by atoms with Crippen molar-refractivity contribution in [3.05, 3.63) is 71.0 Å². The molecule has 0 radical (unpaired) electrons. The molecular formula is C19H20FNO. The molecule has 2 aromatic rings. The van der Waals surface area contributed by atoms with Gasteiger partial charge in [-0.05, 0) is 36.6 Å². The molecule has 114 valence electrons. The Morgan fingerprint density at radius 1 is 1.23 bits per heavy atom. The van der Waals surface area contributed by atoms with Crippen LogP contribution >= 0.6 is 0 Å². The smallest absolute Gasteiger partial charge is 0.227 e. The predicted molar refractivity (Wildman–Crippen MR) is 85.2 cm³/mol. The summed E-state index contributed by atoms with van der Waals surface area (Å²) in [5, 5.41) is 0. The highest BCUT2D eigenvalue weighted by Gasteiger charge is 2.27. The van der Waals surface area contributed by atoms with Crippen molar-refractivity contribution in [3.8, 4) is 0 Å². The average Bonchev–Trinajstić information content (AvgIpc) is 2.98. The second-order valence-corrected chi connectivity index (χ2v) is 6.04. The van der Waals surface area contributed by atoms with Crippen molar-refractivity contribution in [2.45, 2.75) is 25.7 Å². The molecule has 0 aromatic heterocycles. The zero-order valence-electron chi connectivity index (χ0n) is 12.8. The van der Waals surface area contributed by atoms with Crippen LogP contribution in [0.4, 0.5) is 4.39 Å². The van der Waals surface area contributed by atoms with E-state index in [0.717, 1.165) is 30.6 Å². The van der Waals surface area contributed by atoms with Crippen LogP contribution in [0.25, 0.3) is 0 Å². The Balaban J connectivity index is 1.62. The van der Waals surface area contributed by atoms with Gasteiger partial charge >= 0.3 is 0 Å². The van der Waals surface area contributed by atoms with Crippen molar-refractivity contribution in [2.24, 2.45) is 0 Å². The van der Waals surface area contributed by atoms with E-state index in [1.54, 1.807) is 0 Å². The van der Waals surface area contributed by atoms with Gasteiger partial charge in [-0.3, -0.25) is 4.79 Å². The van der Waals surface area contributed by atoms with E-state index in [-0.39, 0.29) is 11.7 Å². The summed E-state index contributed by atoms with van der Waals surface area (Å²) in [5.74, 6) is 0.284. The topological polar surface area (TPSA) is 20.3 Å². The molecule has 1 amide bonds. The van der Waals surface area contributed by atoms with Crippen LogP contribution < -0.4 is 0 Å². The van der Waals surface area contributed by atoms with Crippen molar-refractivity contribution < 1.29 is 9.18 Å². The summed E-state index contributed by atoms with van der Waals surface area (Å²) < 4.78 is 13.0. The lowest BCUT2D eigenvalue weighted by Crippen LogP contribution is -2.29. The highest BCUT2D eigenvalue weighted by molar-refractivity contribution is 5.79. The fraction of sp³-hybridized carbons (Fsp3) is 0.316. The van der Waals surface area contributed by atoms with Crippen LogP contribution in [0.3, 0.4) is 0 Å². The highest BCUT2D eigenvalue weighted by atomic mass is 19.1. The van der Waals surface area contributed by atoms with E-state index in [9.17, 15) is 9.18 Å². The largest absolute Gasteiger partial charge is 0.342 e. The number of rotatable bonds is 3. The summed E-state index contributed by atoms with van der Waals surface area (Å²) in [6, 6.07) is 14.7. The molecule has 1 unspecified atom stereocenters. The van der Waals surface area contributed by atoms with Crippen LogP contribution in [0.5, 0.6) is 0 Å². The first-order valence-electron chi connectivity index (χ1n) is 7.70. The average molecular weight is 297 g/mol. The number of halogens is 1. The van der Waals surface area contributed by atoms with Gasteiger partial charge in [-0.2, -0.15) is 0 Å². The highest BCUT2D eigenvalue weighted by Crippen LogP contribution is 2.27. The molecule has 1 aliphatic heterocycles. The van der Waals surface area contributed by atoms with Crippen LogP contribution in [0, 0.1) is 12.7 Å². The lowest BCUT2D eigenvalue weighted by atomic mass is 9.98. The lowest BCUT2D eigenvalue weighted by molar-refractivity contribution is -0.129. The third-order valence-corrected chi connectivity index (χ3v) is 4.32. The number of aryl methyl sites for hydroxylation is 1. The molecule has 1 saturated heterocycles. The summed E-state index contributed by atoms with van der Waals surface area (Å²) in [6.07, 6.45) is 1.41. The minimum Gasteiger partial charge on any atom is -0.342 e. The molecule has 0 bridgehead atoms. The SMILES string of the molecule is Cc1cccc(CC(=O)N2CCC(c3ccc(F)cc3)C2)c1. The van der Waals surface area contributed by atoms with Gasteiger partial charge in [0, 0.05) is 19.0 Å². The van der Waals surface area contributed by atoms with E-state index in [0.29, 0.717) is 12.3 Å². The van der Waals surface area contributed by atoms with Gasteiger partial charge in [0.2, 0.25) is 5.91 Å². The van der Waals surface area contributed by atoms with Gasteiger partial charge in [0.15, 0.2) is 0 Å². The number of benzene rings is 2. The van der Waals surface area contributed by atoms with E-state index in [4.69, 9.17) is 0 Å². The first kappa shape index (κ1) is 14.8. The fourth-order valence-corrected chi connectivity index (χ4v) is 3.10. The number of nitrogens with zero attached hydrogens (tertiary/aromatic N) is 1. The quantitative estimate of drug-likeness (QED) is 0.846. The third kappa shape index (κ3) is 3.35. The number of hydrogen-bond donors (Lipinski definition) is 0. The Hall–Kier alpha value is -2.16. The van der Waals surface area contributed by atoms with Crippen molar-refractivity contribution in [1.82, 2.24) is 4.90 Å². The molecule has 1 heterocycles. The number of hydrogen-bond acceptors (Lipinski definition) is 1. The lowest BCUT2D eigenvalue weighted by Gasteiger charge is -2.17. The summed E-state index contributed by atoms with van der Waals surface area (Å²) in [7, 11) is 0. The number of amides is 1. The minimum absolute atomic E-state index is 0.176. The summed E-state index contributed by atoms with van der Waals surface area (Å²) >= 11 is 0. The van der Waals surface area contributed by atoms with Gasteiger partial charge in [-0.15, -0.1) is 0 Å². The Morgan fingerprint density at radius 3 is 2.73 bits per heavy atom. The predicted octanol–water partition coefficient (Wildman–Crippen LogP) is 3.69. The van der Waals surface area contributed by atoms with E-state index in [1.807, 2.05) is 42.2 Å². The third-order valence-electron chi connectivity index (χ3n) is 4.32. The van der Waals surface area contributed by atoms with Crippen LogP contribution in [0.15, 0.2) is 48.5 Å². The Bertz CT molecular complexity index is 665. The number of carbonyl (C=O) groups excluding carboxylic acids is 1. The zero-order valence-corrected chi connectivity index (χ0v) is 12.8. The van der Waals surface area contributed by atoms with Crippen LogP contribution in [-0.4, -0.2) is 23.9 Å². The van der Waals surface area contributed by atoms with Crippen LogP contribution in [0.2, 0.25) is 0 Å². The van der Waals surface area contributed by atoms with E-state index in [2.05, 4.69) is 6.07 Å². The van der Waals surface area contributed by atoms with Crippen molar-refractivity contribution in [3.63, 3.8) is 0 Å². The van der Waals surface area contributed by atoms with Crippen LogP contribution in [0.1, 0.15) is 29.0 Å². The zero-order chi connectivity index (χ0) is 15.5. The maximum atomic E-state index is 13.0. The molecule has 2 aromatic carbocycles.